The molecular weight excluding hydrogens is 709 g/mol. The maximum atomic E-state index is 5.38. The lowest BCUT2D eigenvalue weighted by Crippen LogP contribution is -2.03. The zero-order chi connectivity index (χ0) is 36.0. The number of para-hydroxylation sites is 3. The Morgan fingerprint density at radius 2 is 1.15 bits per heavy atom. The second-order valence-electron chi connectivity index (χ2n) is 14.0. The van der Waals surface area contributed by atoms with Crippen LogP contribution in [0.3, 0.4) is 0 Å². The van der Waals surface area contributed by atoms with Crippen molar-refractivity contribution in [2.75, 3.05) is 0 Å². The van der Waals surface area contributed by atoms with Crippen LogP contribution in [-0.4, -0.2) is 19.5 Å². The quantitative estimate of drug-likeness (QED) is 0.181. The van der Waals surface area contributed by atoms with E-state index in [2.05, 4.69) is 143 Å². The zero-order valence-corrected chi connectivity index (χ0v) is 30.9. The van der Waals surface area contributed by atoms with Gasteiger partial charge in [-0.05, 0) is 76.9 Å². The van der Waals surface area contributed by atoms with E-state index in [0.29, 0.717) is 0 Å². The van der Waals surface area contributed by atoms with E-state index in [1.54, 1.807) is 6.20 Å². The number of fused-ring (bicyclic) bond motifs is 10. The number of hydrogen-bond acceptors (Lipinski definition) is 5. The third-order valence-electron chi connectivity index (χ3n) is 10.9. The van der Waals surface area contributed by atoms with Crippen LogP contribution < -0.4 is 0 Å². The Hall–Kier alpha value is -6.73. The fourth-order valence-electron chi connectivity index (χ4n) is 8.30. The maximum absolute atomic E-state index is 5.38. The highest BCUT2D eigenvalue weighted by molar-refractivity contribution is 7.26. The lowest BCUT2D eigenvalue weighted by Gasteiger charge is -2.14. The lowest BCUT2D eigenvalue weighted by molar-refractivity contribution is 1.08. The number of benzene rings is 7. The van der Waals surface area contributed by atoms with Gasteiger partial charge in [-0.15, -0.1) is 22.7 Å². The van der Waals surface area contributed by atoms with E-state index in [1.807, 2.05) is 53.1 Å². The second kappa shape index (κ2) is 11.9. The van der Waals surface area contributed by atoms with Gasteiger partial charge in [-0.2, -0.15) is 0 Å². The van der Waals surface area contributed by atoms with E-state index >= 15 is 0 Å². The summed E-state index contributed by atoms with van der Waals surface area (Å²) in [4.78, 5) is 15.0. The molecule has 0 N–H and O–H groups in total. The van der Waals surface area contributed by atoms with Gasteiger partial charge in [0.15, 0.2) is 5.82 Å². The number of hydrogen-bond donors (Lipinski definition) is 0. The van der Waals surface area contributed by atoms with Crippen molar-refractivity contribution in [3.05, 3.63) is 170 Å². The van der Waals surface area contributed by atoms with Crippen molar-refractivity contribution >= 4 is 95.9 Å². The number of nitrogens with zero attached hydrogens (tertiary/aromatic N) is 4. The minimum absolute atomic E-state index is 0.818. The summed E-state index contributed by atoms with van der Waals surface area (Å²) in [5.74, 6) is 0.818. The fourth-order valence-corrected chi connectivity index (χ4v) is 10.6. The topological polar surface area (TPSA) is 43.6 Å². The van der Waals surface area contributed by atoms with Gasteiger partial charge in [0, 0.05) is 69.1 Å². The predicted octanol–water partition coefficient (Wildman–Crippen LogP) is 13.9. The van der Waals surface area contributed by atoms with Gasteiger partial charge in [0.05, 0.1) is 22.1 Å². The van der Waals surface area contributed by atoms with E-state index in [0.717, 1.165) is 50.3 Å². The molecule has 0 aliphatic carbocycles. The molecule has 0 fully saturated rings. The molecule has 256 valence electrons. The molecule has 0 bridgehead atoms. The Balaban J connectivity index is 1.08. The molecule has 0 saturated heterocycles. The molecule has 0 radical (unpaired) electrons. The molecule has 0 atom stereocenters. The summed E-state index contributed by atoms with van der Waals surface area (Å²) in [6, 6.07) is 56.7. The van der Waals surface area contributed by atoms with Crippen LogP contribution in [0.2, 0.25) is 0 Å². The summed E-state index contributed by atoms with van der Waals surface area (Å²) in [7, 11) is 0. The Bertz CT molecular complexity index is 3490. The average Bonchev–Trinajstić information content (AvgIpc) is 3.91. The summed E-state index contributed by atoms with van der Waals surface area (Å²) < 4.78 is 7.52. The van der Waals surface area contributed by atoms with Gasteiger partial charge in [0.1, 0.15) is 5.69 Å². The minimum Gasteiger partial charge on any atom is -0.292 e. The van der Waals surface area contributed by atoms with Crippen molar-refractivity contribution in [2.45, 2.75) is 0 Å². The molecule has 0 unspecified atom stereocenters. The number of rotatable bonds is 4. The third-order valence-corrected chi connectivity index (χ3v) is 13.2. The minimum atomic E-state index is 0.818. The van der Waals surface area contributed by atoms with Gasteiger partial charge in [0.2, 0.25) is 0 Å². The third kappa shape index (κ3) is 4.72. The molecule has 12 aromatic rings. The highest BCUT2D eigenvalue weighted by Gasteiger charge is 2.21. The first-order valence-electron chi connectivity index (χ1n) is 18.3. The maximum Gasteiger partial charge on any atom is 0.165 e. The predicted molar refractivity (Wildman–Crippen MR) is 234 cm³/mol. The molecule has 0 amide bonds. The van der Waals surface area contributed by atoms with Crippen molar-refractivity contribution in [2.24, 2.45) is 0 Å². The van der Waals surface area contributed by atoms with Crippen molar-refractivity contribution in [3.8, 4) is 39.3 Å². The number of pyridine rings is 1. The monoisotopic (exact) mass is 736 g/mol. The molecule has 6 heteroatoms. The molecule has 0 saturated carbocycles. The lowest BCUT2D eigenvalue weighted by atomic mass is 10.0. The van der Waals surface area contributed by atoms with E-state index in [9.17, 15) is 0 Å². The largest absolute Gasteiger partial charge is 0.292 e. The first-order chi connectivity index (χ1) is 27.2. The van der Waals surface area contributed by atoms with Crippen LogP contribution in [-0.2, 0) is 0 Å². The summed E-state index contributed by atoms with van der Waals surface area (Å²) in [5, 5.41) is 7.60. The fraction of sp³-hybridized carbons (Fsp3) is 0. The molecule has 5 aromatic heterocycles. The normalized spacial score (nSPS) is 12.0. The summed E-state index contributed by atoms with van der Waals surface area (Å²) in [6.45, 7) is 0. The smallest absolute Gasteiger partial charge is 0.165 e. The number of aromatic nitrogens is 4. The van der Waals surface area contributed by atoms with Gasteiger partial charge in [-0.3, -0.25) is 9.55 Å². The first kappa shape index (κ1) is 30.7. The van der Waals surface area contributed by atoms with Gasteiger partial charge >= 0.3 is 0 Å². The summed E-state index contributed by atoms with van der Waals surface area (Å²) >= 11 is 3.74. The van der Waals surface area contributed by atoms with Crippen LogP contribution >= 0.6 is 22.7 Å². The van der Waals surface area contributed by atoms with Crippen LogP contribution in [0, 0.1) is 0 Å². The van der Waals surface area contributed by atoms with Gasteiger partial charge in [-0.25, -0.2) is 9.97 Å². The molecule has 55 heavy (non-hydrogen) atoms. The molecule has 0 aliphatic rings. The SMILES string of the molecule is c1cncc(-c2ccc(-c3nc4ccccc4nc3-n3c4ccccc4c4cc5c(cc43)sc3ccc(-c4cccc6c4sc4ccccc46)cc35)cc2)c1. The van der Waals surface area contributed by atoms with E-state index in [-0.39, 0.29) is 0 Å². The van der Waals surface area contributed by atoms with E-state index in [1.165, 1.54) is 62.2 Å². The van der Waals surface area contributed by atoms with Gasteiger partial charge in [-0.1, -0.05) is 103 Å². The first-order valence-corrected chi connectivity index (χ1v) is 20.0. The Morgan fingerprint density at radius 3 is 2.02 bits per heavy atom. The van der Waals surface area contributed by atoms with Gasteiger partial charge < -0.3 is 0 Å². The Kier molecular flexibility index (Phi) is 6.64. The van der Waals surface area contributed by atoms with Crippen molar-refractivity contribution < 1.29 is 0 Å². The highest BCUT2D eigenvalue weighted by atomic mass is 32.1. The molecule has 0 aliphatic heterocycles. The molecular formula is C49H28N4S2. The van der Waals surface area contributed by atoms with Crippen LogP contribution in [0.15, 0.2) is 170 Å². The van der Waals surface area contributed by atoms with E-state index < -0.39 is 0 Å². The number of thiophene rings is 2. The Labute approximate surface area is 323 Å². The molecule has 7 aromatic carbocycles. The second-order valence-corrected chi connectivity index (χ2v) is 16.2. The van der Waals surface area contributed by atoms with Crippen molar-refractivity contribution in [3.63, 3.8) is 0 Å². The summed E-state index contributed by atoms with van der Waals surface area (Å²) in [6.07, 6.45) is 3.70. The molecule has 5 heterocycles. The van der Waals surface area contributed by atoms with Crippen LogP contribution in [0.1, 0.15) is 0 Å². The van der Waals surface area contributed by atoms with E-state index in [4.69, 9.17) is 9.97 Å². The molecule has 0 spiro atoms. The standard InChI is InChI=1S/C49H28N4S2/c1-5-16-42-34(10-1)37-26-39-38-25-31(33-12-7-13-36-35-11-2-6-17-44(35)55-48(33)36)22-23-45(38)54-46(39)27-43(37)53(42)49-47(51-40-14-3-4-15-41(40)52-49)30-20-18-29(19-21-30)32-9-8-24-50-28-32/h1-28H. The van der Waals surface area contributed by atoms with Crippen LogP contribution in [0.25, 0.3) is 113 Å². The van der Waals surface area contributed by atoms with Crippen molar-refractivity contribution in [1.82, 2.24) is 19.5 Å². The molecule has 12 rings (SSSR count). The van der Waals surface area contributed by atoms with Crippen LogP contribution in [0.4, 0.5) is 0 Å². The Morgan fingerprint density at radius 1 is 0.418 bits per heavy atom. The van der Waals surface area contributed by atoms with Gasteiger partial charge in [0.25, 0.3) is 0 Å². The highest BCUT2D eigenvalue weighted by Crippen LogP contribution is 2.45. The summed E-state index contributed by atoms with van der Waals surface area (Å²) in [5.41, 5.74) is 10.5. The average molecular weight is 737 g/mol. The van der Waals surface area contributed by atoms with Crippen molar-refractivity contribution in [1.29, 1.82) is 0 Å². The zero-order valence-electron chi connectivity index (χ0n) is 29.3. The molecule has 4 nitrogen and oxygen atoms in total. The van der Waals surface area contributed by atoms with Crippen LogP contribution in [0.5, 0.6) is 0 Å².